The Hall–Kier alpha value is -1.91. The van der Waals surface area contributed by atoms with E-state index in [1.165, 1.54) is 11.8 Å². The zero-order chi connectivity index (χ0) is 20.8. The van der Waals surface area contributed by atoms with Gasteiger partial charge in [0.15, 0.2) is 11.0 Å². The number of hydrogen-bond donors (Lipinski definition) is 1. The number of hydrogen-bond acceptors (Lipinski definition) is 6. The molecule has 2 aromatic rings. The molecule has 1 aromatic carbocycles. The molecule has 1 aliphatic rings. The van der Waals surface area contributed by atoms with Crippen LogP contribution in [0.3, 0.4) is 0 Å². The Labute approximate surface area is 182 Å². The molecule has 10 heteroatoms. The number of aromatic nitrogens is 3. The number of nitrogens with zero attached hydrogens (tertiary/aromatic N) is 4. The smallest absolute Gasteiger partial charge is 0.253 e. The lowest BCUT2D eigenvalue weighted by molar-refractivity contribution is -0.132. The summed E-state index contributed by atoms with van der Waals surface area (Å²) in [6.07, 6.45) is 0. The van der Waals surface area contributed by atoms with E-state index in [1.54, 1.807) is 6.07 Å². The van der Waals surface area contributed by atoms with Crippen LogP contribution in [0.4, 0.5) is 0 Å². The summed E-state index contributed by atoms with van der Waals surface area (Å²) < 4.78 is 7.95. The maximum Gasteiger partial charge on any atom is 0.253 e. The maximum atomic E-state index is 12.6. The van der Waals surface area contributed by atoms with Crippen molar-refractivity contribution in [2.45, 2.75) is 31.6 Å². The number of thioether (sulfide) groups is 1. The van der Waals surface area contributed by atoms with Crippen LogP contribution in [-0.2, 0) is 16.1 Å². The fraction of sp³-hybridized carbons (Fsp3) is 0.474. The van der Waals surface area contributed by atoms with Gasteiger partial charge in [-0.15, -0.1) is 10.2 Å². The molecule has 156 valence electrons. The van der Waals surface area contributed by atoms with Crippen LogP contribution < -0.4 is 5.32 Å². The van der Waals surface area contributed by atoms with Crippen LogP contribution in [0, 0.1) is 0 Å². The highest BCUT2D eigenvalue weighted by Gasteiger charge is 2.22. The third-order valence-corrected chi connectivity index (χ3v) is 6.25. The molecule has 1 aliphatic heterocycles. The van der Waals surface area contributed by atoms with E-state index in [4.69, 9.17) is 4.74 Å². The first-order valence-electron chi connectivity index (χ1n) is 9.48. The zero-order valence-corrected chi connectivity index (χ0v) is 18.8. The number of carbonyl (C=O) groups is 2. The number of amides is 2. The van der Waals surface area contributed by atoms with Crippen molar-refractivity contribution in [2.75, 3.05) is 32.1 Å². The number of rotatable bonds is 7. The molecular weight excluding hydrogens is 458 g/mol. The normalized spacial score (nSPS) is 15.2. The van der Waals surface area contributed by atoms with Gasteiger partial charge >= 0.3 is 0 Å². The predicted octanol–water partition coefficient (Wildman–Crippen LogP) is 2.50. The standard InChI is InChI=1S/C19H24BrN5O3S/c1-3-25-17(13(2)21-18(27)14-6-4-5-7-15(14)20)22-23-19(25)29-12-16(26)24-8-10-28-11-9-24/h4-7,13H,3,8-12H2,1-2H3,(H,21,27). The Morgan fingerprint density at radius 2 is 2.00 bits per heavy atom. The van der Waals surface area contributed by atoms with Crippen LogP contribution in [0.1, 0.15) is 36.1 Å². The molecule has 0 spiro atoms. The molecule has 0 aliphatic carbocycles. The maximum absolute atomic E-state index is 12.6. The summed E-state index contributed by atoms with van der Waals surface area (Å²) in [4.78, 5) is 26.8. The van der Waals surface area contributed by atoms with Gasteiger partial charge in [-0.25, -0.2) is 0 Å². The second-order valence-electron chi connectivity index (χ2n) is 6.54. The molecule has 1 unspecified atom stereocenters. The van der Waals surface area contributed by atoms with Crippen molar-refractivity contribution in [1.29, 1.82) is 0 Å². The van der Waals surface area contributed by atoms with Crippen LogP contribution in [0.15, 0.2) is 33.9 Å². The van der Waals surface area contributed by atoms with E-state index in [-0.39, 0.29) is 17.9 Å². The summed E-state index contributed by atoms with van der Waals surface area (Å²) in [7, 11) is 0. The minimum absolute atomic E-state index is 0.0702. The van der Waals surface area contributed by atoms with E-state index >= 15 is 0 Å². The molecule has 1 saturated heterocycles. The Balaban J connectivity index is 1.64. The second kappa shape index (κ2) is 10.2. The Morgan fingerprint density at radius 1 is 1.28 bits per heavy atom. The van der Waals surface area contributed by atoms with Crippen molar-refractivity contribution in [3.8, 4) is 0 Å². The van der Waals surface area contributed by atoms with E-state index in [0.29, 0.717) is 55.1 Å². The highest BCUT2D eigenvalue weighted by molar-refractivity contribution is 9.10. The van der Waals surface area contributed by atoms with Crippen molar-refractivity contribution in [2.24, 2.45) is 0 Å². The SMILES string of the molecule is CCn1c(SCC(=O)N2CCOCC2)nnc1C(C)NC(=O)c1ccccc1Br. The van der Waals surface area contributed by atoms with Gasteiger partial charge in [-0.2, -0.15) is 0 Å². The van der Waals surface area contributed by atoms with Gasteiger partial charge < -0.3 is 19.5 Å². The predicted molar refractivity (Wildman–Crippen MR) is 114 cm³/mol. The van der Waals surface area contributed by atoms with Crippen LogP contribution in [0.25, 0.3) is 0 Å². The molecule has 29 heavy (non-hydrogen) atoms. The van der Waals surface area contributed by atoms with E-state index in [1.807, 2.05) is 41.5 Å². The molecule has 1 atom stereocenters. The van der Waals surface area contributed by atoms with Crippen molar-refractivity contribution in [3.05, 3.63) is 40.1 Å². The fourth-order valence-corrected chi connectivity index (χ4v) is 4.42. The van der Waals surface area contributed by atoms with Crippen LogP contribution in [0.2, 0.25) is 0 Å². The van der Waals surface area contributed by atoms with Gasteiger partial charge in [0.25, 0.3) is 5.91 Å². The van der Waals surface area contributed by atoms with Gasteiger partial charge in [0.05, 0.1) is 30.6 Å². The lowest BCUT2D eigenvalue weighted by atomic mass is 10.2. The summed E-state index contributed by atoms with van der Waals surface area (Å²) in [5.74, 6) is 0.845. The molecule has 8 nitrogen and oxygen atoms in total. The highest BCUT2D eigenvalue weighted by Crippen LogP contribution is 2.22. The molecular formula is C19H24BrN5O3S. The summed E-state index contributed by atoms with van der Waals surface area (Å²) in [6, 6.07) is 6.94. The average molecular weight is 482 g/mol. The number of carbonyl (C=O) groups excluding carboxylic acids is 2. The lowest BCUT2D eigenvalue weighted by Crippen LogP contribution is -2.41. The molecule has 0 bridgehead atoms. The Kier molecular flexibility index (Phi) is 7.68. The average Bonchev–Trinajstić information content (AvgIpc) is 3.16. The van der Waals surface area contributed by atoms with Gasteiger partial charge in [0.1, 0.15) is 0 Å². The third kappa shape index (κ3) is 5.37. The number of halogens is 1. The number of nitrogens with one attached hydrogen (secondary N) is 1. The molecule has 0 saturated carbocycles. The van der Waals surface area contributed by atoms with E-state index in [9.17, 15) is 9.59 Å². The molecule has 1 fully saturated rings. The Morgan fingerprint density at radius 3 is 2.69 bits per heavy atom. The minimum atomic E-state index is -0.327. The largest absolute Gasteiger partial charge is 0.378 e. The zero-order valence-electron chi connectivity index (χ0n) is 16.4. The van der Waals surface area contributed by atoms with Crippen molar-refractivity contribution < 1.29 is 14.3 Å². The summed E-state index contributed by atoms with van der Waals surface area (Å²) in [5, 5.41) is 12.1. The van der Waals surface area contributed by atoms with Crippen LogP contribution >= 0.6 is 27.7 Å². The quantitative estimate of drug-likeness (QED) is 0.611. The van der Waals surface area contributed by atoms with E-state index < -0.39 is 0 Å². The van der Waals surface area contributed by atoms with Gasteiger partial charge in [-0.1, -0.05) is 23.9 Å². The number of morpholine rings is 1. The van der Waals surface area contributed by atoms with Crippen molar-refractivity contribution in [3.63, 3.8) is 0 Å². The lowest BCUT2D eigenvalue weighted by Gasteiger charge is -2.26. The first kappa shape index (κ1) is 21.8. The minimum Gasteiger partial charge on any atom is -0.378 e. The van der Waals surface area contributed by atoms with Gasteiger partial charge in [-0.05, 0) is 41.9 Å². The summed E-state index contributed by atoms with van der Waals surface area (Å²) >= 11 is 4.77. The van der Waals surface area contributed by atoms with E-state index in [2.05, 4.69) is 31.4 Å². The second-order valence-corrected chi connectivity index (χ2v) is 8.34. The van der Waals surface area contributed by atoms with Gasteiger partial charge in [-0.3, -0.25) is 9.59 Å². The first-order chi connectivity index (χ1) is 14.0. The fourth-order valence-electron chi connectivity index (χ4n) is 3.04. The highest BCUT2D eigenvalue weighted by atomic mass is 79.9. The molecule has 1 N–H and O–H groups in total. The monoisotopic (exact) mass is 481 g/mol. The first-order valence-corrected chi connectivity index (χ1v) is 11.3. The number of ether oxygens (including phenoxy) is 1. The van der Waals surface area contributed by atoms with E-state index in [0.717, 1.165) is 4.47 Å². The topological polar surface area (TPSA) is 89.3 Å². The summed E-state index contributed by atoms with van der Waals surface area (Å²) in [5.41, 5.74) is 0.563. The third-order valence-electron chi connectivity index (χ3n) is 4.60. The molecule has 3 rings (SSSR count). The summed E-state index contributed by atoms with van der Waals surface area (Å²) in [6.45, 7) is 6.93. The van der Waals surface area contributed by atoms with Crippen molar-refractivity contribution >= 4 is 39.5 Å². The van der Waals surface area contributed by atoms with Crippen LogP contribution in [0.5, 0.6) is 0 Å². The number of benzene rings is 1. The van der Waals surface area contributed by atoms with Gasteiger partial charge in [0, 0.05) is 24.1 Å². The molecule has 2 amide bonds. The Bertz CT molecular complexity index is 869. The van der Waals surface area contributed by atoms with Crippen LogP contribution in [-0.4, -0.2) is 63.5 Å². The molecule has 0 radical (unpaired) electrons. The molecule has 1 aromatic heterocycles. The van der Waals surface area contributed by atoms with Gasteiger partial charge in [0.2, 0.25) is 5.91 Å². The molecule has 2 heterocycles. The van der Waals surface area contributed by atoms with Crippen molar-refractivity contribution in [1.82, 2.24) is 25.0 Å².